The highest BCUT2D eigenvalue weighted by atomic mass is 35.5. The topological polar surface area (TPSA) is 64.2 Å². The van der Waals surface area contributed by atoms with E-state index in [-0.39, 0.29) is 24.4 Å². The minimum atomic E-state index is 0. The number of hydrogen-bond acceptors (Lipinski definition) is 3. The summed E-state index contributed by atoms with van der Waals surface area (Å²) in [7, 11) is 0. The summed E-state index contributed by atoms with van der Waals surface area (Å²) in [5.41, 5.74) is 6.52. The van der Waals surface area contributed by atoms with E-state index in [1.54, 1.807) is 17.1 Å². The monoisotopic (exact) mass is 258 g/mol. The fraction of sp³-hybridized carbons (Fsp3) is 0.636. The largest absolute Gasteiger partial charge is 0.337 e. The molecule has 2 N–H and O–H groups in total. The molecule has 0 aliphatic carbocycles. The van der Waals surface area contributed by atoms with Gasteiger partial charge >= 0.3 is 0 Å². The van der Waals surface area contributed by atoms with E-state index in [9.17, 15) is 4.79 Å². The molecule has 2 rings (SSSR count). The van der Waals surface area contributed by atoms with E-state index in [1.165, 1.54) is 0 Å². The number of aromatic nitrogens is 2. The second kappa shape index (κ2) is 6.02. The van der Waals surface area contributed by atoms with E-state index in [0.29, 0.717) is 12.1 Å². The van der Waals surface area contributed by atoms with Crippen molar-refractivity contribution in [2.75, 3.05) is 13.1 Å². The molecule has 1 aromatic rings. The van der Waals surface area contributed by atoms with Crippen molar-refractivity contribution in [3.63, 3.8) is 0 Å². The van der Waals surface area contributed by atoms with E-state index in [4.69, 9.17) is 5.73 Å². The number of nitrogens with two attached hydrogens (primary N) is 1. The summed E-state index contributed by atoms with van der Waals surface area (Å²) in [4.78, 5) is 13.9. The van der Waals surface area contributed by atoms with Crippen molar-refractivity contribution in [3.8, 4) is 0 Å². The molecule has 1 fully saturated rings. The van der Waals surface area contributed by atoms with Crippen molar-refractivity contribution in [3.05, 3.63) is 18.0 Å². The number of carbonyl (C=O) groups excluding carboxylic acids is 1. The van der Waals surface area contributed by atoms with E-state index < -0.39 is 0 Å². The predicted molar refractivity (Wildman–Crippen MR) is 68.3 cm³/mol. The maximum Gasteiger partial charge on any atom is 0.257 e. The maximum absolute atomic E-state index is 12.1. The number of carbonyl (C=O) groups is 1. The molecule has 1 amide bonds. The Morgan fingerprint density at radius 1 is 1.65 bits per heavy atom. The van der Waals surface area contributed by atoms with E-state index >= 15 is 0 Å². The summed E-state index contributed by atoms with van der Waals surface area (Å²) in [6.07, 6.45) is 5.43. The van der Waals surface area contributed by atoms with Gasteiger partial charge in [-0.15, -0.1) is 12.4 Å². The molecule has 0 aromatic carbocycles. The Morgan fingerprint density at radius 2 is 2.41 bits per heavy atom. The van der Waals surface area contributed by atoms with Crippen LogP contribution in [0, 0.1) is 0 Å². The molecule has 1 atom stereocenters. The van der Waals surface area contributed by atoms with Gasteiger partial charge in [-0.05, 0) is 19.8 Å². The van der Waals surface area contributed by atoms with Crippen molar-refractivity contribution in [2.24, 2.45) is 5.73 Å². The fourth-order valence-corrected chi connectivity index (χ4v) is 2.02. The molecular weight excluding hydrogens is 240 g/mol. The van der Waals surface area contributed by atoms with Crippen molar-refractivity contribution in [2.45, 2.75) is 32.4 Å². The highest BCUT2D eigenvalue weighted by molar-refractivity contribution is 5.93. The van der Waals surface area contributed by atoms with Crippen molar-refractivity contribution >= 4 is 18.3 Å². The summed E-state index contributed by atoms with van der Waals surface area (Å²) < 4.78 is 1.76. The molecule has 0 saturated carbocycles. The second-order valence-electron chi connectivity index (χ2n) is 4.24. The lowest BCUT2D eigenvalue weighted by molar-refractivity contribution is 0.0708. The Kier molecular flexibility index (Phi) is 4.96. The Bertz CT molecular complexity index is 379. The average Bonchev–Trinajstić information content (AvgIpc) is 2.76. The number of rotatable bonds is 2. The quantitative estimate of drug-likeness (QED) is 0.857. The molecule has 1 unspecified atom stereocenters. The van der Waals surface area contributed by atoms with Gasteiger partial charge in [0.2, 0.25) is 0 Å². The third kappa shape index (κ3) is 3.20. The maximum atomic E-state index is 12.1. The van der Waals surface area contributed by atoms with Gasteiger partial charge in [-0.2, -0.15) is 5.10 Å². The molecule has 0 bridgehead atoms. The average molecular weight is 259 g/mol. The standard InChI is InChI=1S/C11H18N4O.ClH/c1-2-15-7-9(6-13-15)11(16)14-5-3-4-10(12)8-14;/h6-7,10H,2-5,8,12H2,1H3;1H. The number of likely N-dealkylation sites (tertiary alicyclic amines) is 1. The van der Waals surface area contributed by atoms with Crippen LogP contribution in [0.25, 0.3) is 0 Å². The van der Waals surface area contributed by atoms with Crippen LogP contribution in [0.5, 0.6) is 0 Å². The third-order valence-electron chi connectivity index (χ3n) is 2.95. The van der Waals surface area contributed by atoms with Gasteiger partial charge in [0.1, 0.15) is 0 Å². The number of halogens is 1. The number of amides is 1. The van der Waals surface area contributed by atoms with Crippen LogP contribution in [-0.4, -0.2) is 39.7 Å². The van der Waals surface area contributed by atoms with Crippen LogP contribution < -0.4 is 5.73 Å². The molecule has 5 nitrogen and oxygen atoms in total. The number of nitrogens with zero attached hydrogens (tertiary/aromatic N) is 3. The Hall–Kier alpha value is -1.07. The molecule has 1 aliphatic rings. The first-order valence-corrected chi connectivity index (χ1v) is 5.78. The summed E-state index contributed by atoms with van der Waals surface area (Å²) in [6, 6.07) is 0.124. The highest BCUT2D eigenvalue weighted by Gasteiger charge is 2.22. The molecule has 1 aromatic heterocycles. The van der Waals surface area contributed by atoms with Crippen LogP contribution in [0.15, 0.2) is 12.4 Å². The van der Waals surface area contributed by atoms with Crippen LogP contribution in [-0.2, 0) is 6.54 Å². The first-order valence-electron chi connectivity index (χ1n) is 5.78. The zero-order valence-corrected chi connectivity index (χ0v) is 10.8. The van der Waals surface area contributed by atoms with Gasteiger partial charge in [-0.3, -0.25) is 9.48 Å². The Labute approximate surface area is 107 Å². The summed E-state index contributed by atoms with van der Waals surface area (Å²) in [5, 5.41) is 4.11. The van der Waals surface area contributed by atoms with Crippen LogP contribution in [0.4, 0.5) is 0 Å². The molecule has 0 radical (unpaired) electrons. The molecule has 2 heterocycles. The van der Waals surface area contributed by atoms with Gasteiger partial charge in [0.05, 0.1) is 11.8 Å². The Morgan fingerprint density at radius 3 is 3.00 bits per heavy atom. The van der Waals surface area contributed by atoms with Crippen LogP contribution >= 0.6 is 12.4 Å². The van der Waals surface area contributed by atoms with Gasteiger partial charge < -0.3 is 10.6 Å². The van der Waals surface area contributed by atoms with E-state index in [0.717, 1.165) is 25.9 Å². The molecule has 17 heavy (non-hydrogen) atoms. The predicted octanol–water partition coefficient (Wildman–Crippen LogP) is 0.888. The third-order valence-corrected chi connectivity index (χ3v) is 2.95. The zero-order chi connectivity index (χ0) is 11.5. The summed E-state index contributed by atoms with van der Waals surface area (Å²) >= 11 is 0. The molecular formula is C11H19ClN4O. The molecule has 96 valence electrons. The molecule has 6 heteroatoms. The van der Waals surface area contributed by atoms with Gasteiger partial charge in [0.25, 0.3) is 5.91 Å². The van der Waals surface area contributed by atoms with E-state index in [2.05, 4.69) is 5.10 Å². The van der Waals surface area contributed by atoms with Gasteiger partial charge in [-0.1, -0.05) is 0 Å². The normalized spacial score (nSPS) is 19.9. The lowest BCUT2D eigenvalue weighted by Gasteiger charge is -2.30. The first-order chi connectivity index (χ1) is 7.70. The minimum Gasteiger partial charge on any atom is -0.337 e. The van der Waals surface area contributed by atoms with Gasteiger partial charge in [0, 0.05) is 31.9 Å². The molecule has 1 saturated heterocycles. The van der Waals surface area contributed by atoms with Crippen molar-refractivity contribution in [1.29, 1.82) is 0 Å². The summed E-state index contributed by atoms with van der Waals surface area (Å²) in [5.74, 6) is 0.0508. The van der Waals surface area contributed by atoms with E-state index in [1.807, 2.05) is 11.8 Å². The number of hydrogen-bond donors (Lipinski definition) is 1. The second-order valence-corrected chi connectivity index (χ2v) is 4.24. The Balaban J connectivity index is 0.00000144. The highest BCUT2D eigenvalue weighted by Crippen LogP contribution is 2.12. The number of piperidine rings is 1. The SMILES string of the molecule is CCn1cc(C(=O)N2CCCC(N)C2)cn1.Cl. The molecule has 1 aliphatic heterocycles. The van der Waals surface area contributed by atoms with Crippen LogP contribution in [0.1, 0.15) is 30.1 Å². The number of aryl methyl sites for hydroxylation is 1. The first kappa shape index (κ1) is 14.0. The minimum absolute atomic E-state index is 0. The van der Waals surface area contributed by atoms with Crippen LogP contribution in [0.2, 0.25) is 0 Å². The fourth-order valence-electron chi connectivity index (χ4n) is 2.02. The van der Waals surface area contributed by atoms with Crippen molar-refractivity contribution < 1.29 is 4.79 Å². The summed E-state index contributed by atoms with van der Waals surface area (Å²) in [6.45, 7) is 4.25. The van der Waals surface area contributed by atoms with Gasteiger partial charge in [-0.25, -0.2) is 0 Å². The zero-order valence-electron chi connectivity index (χ0n) is 10.0. The smallest absolute Gasteiger partial charge is 0.257 e. The van der Waals surface area contributed by atoms with Crippen molar-refractivity contribution in [1.82, 2.24) is 14.7 Å². The van der Waals surface area contributed by atoms with Crippen LogP contribution in [0.3, 0.4) is 0 Å². The lowest BCUT2D eigenvalue weighted by Crippen LogP contribution is -2.45. The van der Waals surface area contributed by atoms with Gasteiger partial charge in [0.15, 0.2) is 0 Å². The molecule has 0 spiro atoms. The lowest BCUT2D eigenvalue weighted by atomic mass is 10.1.